The monoisotopic (exact) mass is 345 g/mol. The summed E-state index contributed by atoms with van der Waals surface area (Å²) in [5.74, 6) is 0.525. The molecule has 3 aliphatic heterocycles. The van der Waals surface area contributed by atoms with Crippen LogP contribution in [0.1, 0.15) is 18.4 Å². The molecule has 2 bridgehead atoms. The first-order valence-corrected chi connectivity index (χ1v) is 8.92. The quantitative estimate of drug-likeness (QED) is 0.835. The predicted octanol–water partition coefficient (Wildman–Crippen LogP) is 1.81. The van der Waals surface area contributed by atoms with Gasteiger partial charge in [-0.15, -0.1) is 0 Å². The molecule has 0 radical (unpaired) electrons. The van der Waals surface area contributed by atoms with Crippen molar-refractivity contribution >= 4 is 12.0 Å². The highest BCUT2D eigenvalue weighted by molar-refractivity contribution is 5.77. The summed E-state index contributed by atoms with van der Waals surface area (Å²) >= 11 is 0. The predicted molar refractivity (Wildman–Crippen MR) is 95.0 cm³/mol. The van der Waals surface area contributed by atoms with E-state index in [0.717, 1.165) is 38.0 Å². The number of piperidine rings is 1. The van der Waals surface area contributed by atoms with Crippen LogP contribution < -0.4 is 0 Å². The van der Waals surface area contributed by atoms with Gasteiger partial charge in [0.15, 0.2) is 0 Å². The summed E-state index contributed by atoms with van der Waals surface area (Å²) in [6.07, 6.45) is 1.86. The summed E-state index contributed by atoms with van der Waals surface area (Å²) < 4.78 is 5.52. The SMILES string of the molecule is CN(C)C(=O)CN1C[C@H]2CC[C@@H](C1)N(C(=O)OCc1ccccc1)C2. The number of benzene rings is 1. The lowest BCUT2D eigenvalue weighted by molar-refractivity contribution is -0.129. The Morgan fingerprint density at radius 2 is 1.88 bits per heavy atom. The number of likely N-dealkylation sites (N-methyl/N-ethyl adjacent to an activating group) is 1. The van der Waals surface area contributed by atoms with Crippen LogP contribution in [0.2, 0.25) is 0 Å². The number of hydrogen-bond donors (Lipinski definition) is 0. The van der Waals surface area contributed by atoms with E-state index in [4.69, 9.17) is 4.74 Å². The second kappa shape index (κ2) is 7.87. The van der Waals surface area contributed by atoms with Crippen LogP contribution >= 0.6 is 0 Å². The Hall–Kier alpha value is -2.08. The third-order valence-corrected chi connectivity index (χ3v) is 5.09. The normalized spacial score (nSPS) is 23.2. The average Bonchev–Trinajstić information content (AvgIpc) is 2.91. The van der Waals surface area contributed by atoms with Crippen LogP contribution in [-0.4, -0.2) is 73.0 Å². The molecule has 2 atom stereocenters. The molecule has 3 saturated heterocycles. The molecule has 0 aliphatic carbocycles. The van der Waals surface area contributed by atoms with Crippen molar-refractivity contribution in [1.82, 2.24) is 14.7 Å². The van der Waals surface area contributed by atoms with Gasteiger partial charge in [-0.3, -0.25) is 9.69 Å². The fourth-order valence-corrected chi connectivity index (χ4v) is 3.67. The van der Waals surface area contributed by atoms with Gasteiger partial charge in [0.2, 0.25) is 5.91 Å². The molecule has 0 aromatic heterocycles. The van der Waals surface area contributed by atoms with Gasteiger partial charge in [-0.2, -0.15) is 0 Å². The zero-order valence-corrected chi connectivity index (χ0v) is 15.1. The van der Waals surface area contributed by atoms with Gasteiger partial charge in [0.25, 0.3) is 0 Å². The summed E-state index contributed by atoms with van der Waals surface area (Å²) in [4.78, 5) is 30.3. The number of carbonyl (C=O) groups is 2. The second-order valence-corrected chi connectivity index (χ2v) is 7.27. The van der Waals surface area contributed by atoms with Crippen molar-refractivity contribution in [3.63, 3.8) is 0 Å². The van der Waals surface area contributed by atoms with Crippen LogP contribution in [0.15, 0.2) is 30.3 Å². The van der Waals surface area contributed by atoms with Gasteiger partial charge >= 0.3 is 6.09 Å². The molecule has 0 N–H and O–H groups in total. The van der Waals surface area contributed by atoms with E-state index in [1.54, 1.807) is 19.0 Å². The smallest absolute Gasteiger partial charge is 0.410 e. The molecule has 2 amide bonds. The average molecular weight is 345 g/mol. The Morgan fingerprint density at radius 3 is 2.60 bits per heavy atom. The Balaban J connectivity index is 1.58. The number of rotatable bonds is 4. The largest absolute Gasteiger partial charge is 0.445 e. The maximum Gasteiger partial charge on any atom is 0.410 e. The van der Waals surface area contributed by atoms with Crippen molar-refractivity contribution < 1.29 is 14.3 Å². The van der Waals surface area contributed by atoms with E-state index >= 15 is 0 Å². The minimum atomic E-state index is -0.237. The van der Waals surface area contributed by atoms with Gasteiger partial charge in [0, 0.05) is 39.8 Å². The van der Waals surface area contributed by atoms with E-state index in [2.05, 4.69) is 4.90 Å². The van der Waals surface area contributed by atoms with Crippen molar-refractivity contribution in [2.75, 3.05) is 40.3 Å². The molecule has 4 rings (SSSR count). The maximum absolute atomic E-state index is 12.6. The van der Waals surface area contributed by atoms with E-state index in [0.29, 0.717) is 19.1 Å². The van der Waals surface area contributed by atoms with Crippen LogP contribution in [0, 0.1) is 5.92 Å². The van der Waals surface area contributed by atoms with E-state index in [-0.39, 0.29) is 18.0 Å². The first-order valence-electron chi connectivity index (χ1n) is 8.92. The van der Waals surface area contributed by atoms with Crippen LogP contribution in [0.3, 0.4) is 0 Å². The zero-order chi connectivity index (χ0) is 17.8. The lowest BCUT2D eigenvalue weighted by Gasteiger charge is -2.35. The fraction of sp³-hybridized carbons (Fsp3) is 0.579. The van der Waals surface area contributed by atoms with Gasteiger partial charge in [0.1, 0.15) is 6.61 Å². The van der Waals surface area contributed by atoms with Crippen molar-refractivity contribution in [2.45, 2.75) is 25.5 Å². The van der Waals surface area contributed by atoms with E-state index < -0.39 is 0 Å². The molecule has 3 heterocycles. The van der Waals surface area contributed by atoms with E-state index in [9.17, 15) is 9.59 Å². The molecule has 0 spiro atoms. The number of ether oxygens (including phenoxy) is 1. The van der Waals surface area contributed by atoms with Crippen LogP contribution in [0.25, 0.3) is 0 Å². The minimum Gasteiger partial charge on any atom is -0.445 e. The molecular formula is C19H27N3O3. The van der Waals surface area contributed by atoms with Gasteiger partial charge < -0.3 is 14.5 Å². The van der Waals surface area contributed by atoms with Crippen molar-refractivity contribution in [2.24, 2.45) is 5.92 Å². The highest BCUT2D eigenvalue weighted by Gasteiger charge is 2.38. The Kier molecular flexibility index (Phi) is 5.58. The summed E-state index contributed by atoms with van der Waals surface area (Å²) in [5.41, 5.74) is 0.994. The van der Waals surface area contributed by atoms with Gasteiger partial charge in [-0.25, -0.2) is 4.79 Å². The molecule has 1 aromatic carbocycles. The van der Waals surface area contributed by atoms with Gasteiger partial charge in [-0.05, 0) is 24.3 Å². The van der Waals surface area contributed by atoms with E-state index in [1.807, 2.05) is 35.2 Å². The Labute approximate surface area is 149 Å². The zero-order valence-electron chi connectivity index (χ0n) is 15.1. The van der Waals surface area contributed by atoms with E-state index in [1.165, 1.54) is 0 Å². The molecule has 136 valence electrons. The molecule has 3 aliphatic rings. The first kappa shape index (κ1) is 17.7. The third-order valence-electron chi connectivity index (χ3n) is 5.09. The number of fused-ring (bicyclic) bond motifs is 4. The number of carbonyl (C=O) groups excluding carboxylic acids is 2. The van der Waals surface area contributed by atoms with Crippen molar-refractivity contribution in [3.05, 3.63) is 35.9 Å². The molecule has 1 aromatic rings. The summed E-state index contributed by atoms with van der Waals surface area (Å²) in [7, 11) is 3.56. The second-order valence-electron chi connectivity index (χ2n) is 7.27. The first-order chi connectivity index (χ1) is 12.0. The van der Waals surface area contributed by atoms with Crippen LogP contribution in [0.5, 0.6) is 0 Å². The molecule has 6 nitrogen and oxygen atoms in total. The summed E-state index contributed by atoms with van der Waals surface area (Å²) in [6, 6.07) is 9.88. The molecular weight excluding hydrogens is 318 g/mol. The maximum atomic E-state index is 12.6. The Morgan fingerprint density at radius 1 is 1.12 bits per heavy atom. The van der Waals surface area contributed by atoms with Crippen LogP contribution in [-0.2, 0) is 16.1 Å². The number of nitrogens with zero attached hydrogens (tertiary/aromatic N) is 3. The summed E-state index contributed by atoms with van der Waals surface area (Å²) in [6.45, 7) is 3.07. The molecule has 6 heteroatoms. The Bertz CT molecular complexity index is 605. The van der Waals surface area contributed by atoms with Crippen molar-refractivity contribution in [3.8, 4) is 0 Å². The fourth-order valence-electron chi connectivity index (χ4n) is 3.67. The lowest BCUT2D eigenvalue weighted by Crippen LogP contribution is -2.48. The number of amides is 2. The molecule has 0 saturated carbocycles. The minimum absolute atomic E-state index is 0.111. The molecule has 3 fully saturated rings. The number of hydrogen-bond acceptors (Lipinski definition) is 4. The topological polar surface area (TPSA) is 53.1 Å². The lowest BCUT2D eigenvalue weighted by atomic mass is 9.95. The molecule has 0 unspecified atom stereocenters. The standard InChI is InChI=1S/C19H27N3O3/c1-20(2)18(23)13-21-10-16-8-9-17(12-21)22(11-16)19(24)25-14-15-6-4-3-5-7-15/h3-7,16-17H,8-14H2,1-2H3/t16-,17+/m1/s1. The highest BCUT2D eigenvalue weighted by Crippen LogP contribution is 2.28. The third kappa shape index (κ3) is 4.51. The summed E-state index contributed by atoms with van der Waals surface area (Å²) in [5, 5.41) is 0. The molecule has 25 heavy (non-hydrogen) atoms. The van der Waals surface area contributed by atoms with Crippen LogP contribution in [0.4, 0.5) is 4.79 Å². The van der Waals surface area contributed by atoms with Crippen molar-refractivity contribution in [1.29, 1.82) is 0 Å². The van der Waals surface area contributed by atoms with Gasteiger partial charge in [0.05, 0.1) is 6.54 Å². The van der Waals surface area contributed by atoms with Gasteiger partial charge in [-0.1, -0.05) is 30.3 Å². The highest BCUT2D eigenvalue weighted by atomic mass is 16.6.